The number of hydrogen-bond donors (Lipinski definition) is 1. The maximum absolute atomic E-state index is 12.0. The van der Waals surface area contributed by atoms with Gasteiger partial charge in [0.2, 0.25) is 0 Å². The van der Waals surface area contributed by atoms with Crippen molar-refractivity contribution in [3.8, 4) is 0 Å². The highest BCUT2D eigenvalue weighted by Crippen LogP contribution is 2.85. The van der Waals surface area contributed by atoms with Gasteiger partial charge < -0.3 is 5.11 Å². The van der Waals surface area contributed by atoms with Crippen LogP contribution in [-0.2, 0) is 4.79 Å². The highest BCUT2D eigenvalue weighted by atomic mass is 16.4. The van der Waals surface area contributed by atoms with Crippen LogP contribution in [0.25, 0.3) is 0 Å². The van der Waals surface area contributed by atoms with Gasteiger partial charge in [-0.05, 0) is 91.8 Å². The van der Waals surface area contributed by atoms with Crippen LogP contribution in [0.1, 0.15) is 72.1 Å². The molecule has 1 N–H and O–H groups in total. The van der Waals surface area contributed by atoms with Crippen LogP contribution in [-0.4, -0.2) is 11.1 Å². The molecule has 8 atom stereocenters. The Balaban J connectivity index is 1.56. The summed E-state index contributed by atoms with van der Waals surface area (Å²) < 4.78 is 0. The Morgan fingerprint density at radius 2 is 1.77 bits per heavy atom. The predicted octanol–water partition coefficient (Wildman–Crippen LogP) is 4.73. The first-order chi connectivity index (χ1) is 10.3. The molecule has 1 spiro atoms. The second-order valence-corrected chi connectivity index (χ2v) is 10.4. The van der Waals surface area contributed by atoms with Crippen LogP contribution >= 0.6 is 0 Å². The van der Waals surface area contributed by atoms with Gasteiger partial charge in [0.05, 0.1) is 5.41 Å². The van der Waals surface area contributed by atoms with Crippen molar-refractivity contribution in [1.29, 1.82) is 0 Å². The van der Waals surface area contributed by atoms with Gasteiger partial charge in [0.1, 0.15) is 0 Å². The first-order valence-corrected chi connectivity index (χ1v) is 9.50. The highest BCUT2D eigenvalue weighted by molar-refractivity contribution is 5.75. The molecule has 22 heavy (non-hydrogen) atoms. The zero-order valence-corrected chi connectivity index (χ0v) is 14.3. The van der Waals surface area contributed by atoms with Crippen LogP contribution in [0.3, 0.4) is 0 Å². The fraction of sp³-hybridized carbons (Fsp3) is 0.950. The molecule has 122 valence electrons. The molecule has 6 saturated carbocycles. The van der Waals surface area contributed by atoms with Crippen LogP contribution in [0.5, 0.6) is 0 Å². The Kier molecular flexibility index (Phi) is 2.27. The third-order valence-corrected chi connectivity index (χ3v) is 9.85. The lowest BCUT2D eigenvalue weighted by Gasteiger charge is -2.65. The fourth-order valence-electron chi connectivity index (χ4n) is 8.87. The van der Waals surface area contributed by atoms with Gasteiger partial charge in [-0.3, -0.25) is 4.79 Å². The molecule has 0 aliphatic heterocycles. The van der Waals surface area contributed by atoms with Crippen molar-refractivity contribution in [1.82, 2.24) is 0 Å². The number of aliphatic carboxylic acids is 1. The largest absolute Gasteiger partial charge is 0.481 e. The Labute approximate surface area is 134 Å². The summed E-state index contributed by atoms with van der Waals surface area (Å²) in [5.41, 5.74) is 1.10. The molecule has 0 aromatic heterocycles. The SMILES string of the molecule is C[C@@]12C[C@@]34CC[C@H]5[C@@](C)(CCC[C@]5(C)C(=O)O)[C@@H]3C[C@H]1[C@H]2C4. The number of hydrogen-bond acceptors (Lipinski definition) is 1. The molecule has 6 fully saturated rings. The standard InChI is InChI=1S/C20H30O2/c1-17-6-4-7-18(2,16(21)22)14(17)5-8-20-10-13-12(9-15(17)20)19(13,3)11-20/h12-15H,4-11H2,1-3H3,(H,21,22)/t12-,13+,14-,15-,17+,18-,19+,20-/m0/s1. The first kappa shape index (κ1) is 13.9. The quantitative estimate of drug-likeness (QED) is 0.760. The molecule has 0 radical (unpaired) electrons. The molecular formula is C20H30O2. The van der Waals surface area contributed by atoms with E-state index in [1.54, 1.807) is 0 Å². The summed E-state index contributed by atoms with van der Waals surface area (Å²) in [4.78, 5) is 12.0. The summed E-state index contributed by atoms with van der Waals surface area (Å²) >= 11 is 0. The summed E-state index contributed by atoms with van der Waals surface area (Å²) in [6, 6.07) is 0. The Morgan fingerprint density at radius 1 is 1.00 bits per heavy atom. The van der Waals surface area contributed by atoms with E-state index in [0.717, 1.165) is 30.6 Å². The summed E-state index contributed by atoms with van der Waals surface area (Å²) in [7, 11) is 0. The first-order valence-electron chi connectivity index (χ1n) is 9.50. The second-order valence-electron chi connectivity index (χ2n) is 10.4. The summed E-state index contributed by atoms with van der Waals surface area (Å²) in [6.07, 6.45) is 10.1. The van der Waals surface area contributed by atoms with Gasteiger partial charge >= 0.3 is 5.97 Å². The zero-order chi connectivity index (χ0) is 15.5. The van der Waals surface area contributed by atoms with Gasteiger partial charge in [-0.15, -0.1) is 0 Å². The maximum atomic E-state index is 12.0. The van der Waals surface area contributed by atoms with Crippen molar-refractivity contribution in [3.05, 3.63) is 0 Å². The van der Waals surface area contributed by atoms with Crippen LogP contribution in [0.15, 0.2) is 0 Å². The monoisotopic (exact) mass is 302 g/mol. The lowest BCUT2D eigenvalue weighted by atomic mass is 9.39. The Hall–Kier alpha value is -0.530. The lowest BCUT2D eigenvalue weighted by molar-refractivity contribution is -0.187. The lowest BCUT2D eigenvalue weighted by Crippen LogP contribution is -2.59. The van der Waals surface area contributed by atoms with Crippen molar-refractivity contribution in [2.45, 2.75) is 72.1 Å². The molecule has 0 aromatic rings. The van der Waals surface area contributed by atoms with Gasteiger partial charge in [0.25, 0.3) is 0 Å². The smallest absolute Gasteiger partial charge is 0.309 e. The number of carboxylic acid groups (broad SMARTS) is 1. The maximum Gasteiger partial charge on any atom is 0.309 e. The molecule has 0 saturated heterocycles. The van der Waals surface area contributed by atoms with Crippen molar-refractivity contribution in [2.75, 3.05) is 0 Å². The van der Waals surface area contributed by atoms with E-state index in [1.165, 1.54) is 38.5 Å². The average Bonchev–Trinajstić information content (AvgIpc) is 2.89. The van der Waals surface area contributed by atoms with Gasteiger partial charge in [0, 0.05) is 0 Å². The van der Waals surface area contributed by atoms with Crippen molar-refractivity contribution >= 4 is 5.97 Å². The Morgan fingerprint density at radius 3 is 2.41 bits per heavy atom. The molecule has 2 heteroatoms. The molecule has 6 aliphatic carbocycles. The third kappa shape index (κ3) is 1.26. The van der Waals surface area contributed by atoms with Gasteiger partial charge in [-0.25, -0.2) is 0 Å². The highest BCUT2D eigenvalue weighted by Gasteiger charge is 2.78. The van der Waals surface area contributed by atoms with Crippen LogP contribution in [0.2, 0.25) is 0 Å². The number of carboxylic acids is 1. The molecule has 6 rings (SSSR count). The molecule has 0 amide bonds. The van der Waals surface area contributed by atoms with E-state index < -0.39 is 11.4 Å². The van der Waals surface area contributed by atoms with E-state index in [4.69, 9.17) is 0 Å². The summed E-state index contributed by atoms with van der Waals surface area (Å²) in [5.74, 6) is 2.70. The van der Waals surface area contributed by atoms with Gasteiger partial charge in [0.15, 0.2) is 0 Å². The van der Waals surface area contributed by atoms with Crippen LogP contribution in [0.4, 0.5) is 0 Å². The molecule has 4 bridgehead atoms. The molecule has 0 heterocycles. The molecule has 0 unspecified atom stereocenters. The summed E-state index contributed by atoms with van der Waals surface area (Å²) in [6.45, 7) is 7.09. The van der Waals surface area contributed by atoms with Gasteiger partial charge in [-0.2, -0.15) is 0 Å². The fourth-order valence-corrected chi connectivity index (χ4v) is 8.87. The van der Waals surface area contributed by atoms with E-state index in [2.05, 4.69) is 20.8 Å². The minimum Gasteiger partial charge on any atom is -0.481 e. The van der Waals surface area contributed by atoms with E-state index in [0.29, 0.717) is 22.2 Å². The van der Waals surface area contributed by atoms with E-state index in [-0.39, 0.29) is 0 Å². The van der Waals surface area contributed by atoms with E-state index in [1.807, 2.05) is 0 Å². The van der Waals surface area contributed by atoms with Crippen LogP contribution in [0, 0.1) is 45.3 Å². The van der Waals surface area contributed by atoms with Crippen molar-refractivity contribution in [2.24, 2.45) is 45.3 Å². The minimum atomic E-state index is -0.530. The third-order valence-electron chi connectivity index (χ3n) is 9.85. The van der Waals surface area contributed by atoms with E-state index >= 15 is 0 Å². The average molecular weight is 302 g/mol. The number of rotatable bonds is 1. The van der Waals surface area contributed by atoms with Crippen molar-refractivity contribution < 1.29 is 9.90 Å². The minimum absolute atomic E-state index is 0.290. The normalized spacial score (nSPS) is 64.7. The molecular weight excluding hydrogens is 272 g/mol. The molecule has 0 aromatic carbocycles. The van der Waals surface area contributed by atoms with E-state index in [9.17, 15) is 9.90 Å². The number of fused-ring (bicyclic) bond motifs is 1. The molecule has 2 nitrogen and oxygen atoms in total. The zero-order valence-electron chi connectivity index (χ0n) is 14.3. The molecule has 6 aliphatic rings. The van der Waals surface area contributed by atoms with Gasteiger partial charge in [-0.1, -0.05) is 20.3 Å². The summed E-state index contributed by atoms with van der Waals surface area (Å²) in [5, 5.41) is 9.92. The Bertz CT molecular complexity index is 570. The topological polar surface area (TPSA) is 37.3 Å². The van der Waals surface area contributed by atoms with Crippen LogP contribution < -0.4 is 0 Å². The second kappa shape index (κ2) is 3.59. The van der Waals surface area contributed by atoms with Crippen molar-refractivity contribution in [3.63, 3.8) is 0 Å². The predicted molar refractivity (Wildman–Crippen MR) is 85.3 cm³/mol. The number of carbonyl (C=O) groups is 1.